The maximum absolute atomic E-state index is 4.78. The van der Waals surface area contributed by atoms with Gasteiger partial charge < -0.3 is 5.32 Å². The van der Waals surface area contributed by atoms with Crippen molar-refractivity contribution < 1.29 is 0 Å². The Morgan fingerprint density at radius 2 is 2.15 bits per heavy atom. The SMILES string of the molecule is C1CCC2NC3(CCC3)CN=C2C1. The molecule has 2 aliphatic carbocycles. The Labute approximate surface area is 79.8 Å². The lowest BCUT2D eigenvalue weighted by atomic mass is 9.74. The fourth-order valence-corrected chi connectivity index (χ4v) is 2.91. The van der Waals surface area contributed by atoms with Crippen LogP contribution in [0.25, 0.3) is 0 Å². The van der Waals surface area contributed by atoms with Crippen LogP contribution in [0.1, 0.15) is 44.9 Å². The van der Waals surface area contributed by atoms with E-state index in [1.54, 1.807) is 0 Å². The van der Waals surface area contributed by atoms with Crippen molar-refractivity contribution in [2.45, 2.75) is 56.5 Å². The van der Waals surface area contributed by atoms with Crippen molar-refractivity contribution >= 4 is 5.71 Å². The molecule has 13 heavy (non-hydrogen) atoms. The van der Waals surface area contributed by atoms with Crippen molar-refractivity contribution in [2.24, 2.45) is 4.99 Å². The minimum atomic E-state index is 0.450. The lowest BCUT2D eigenvalue weighted by Crippen LogP contribution is -2.62. The van der Waals surface area contributed by atoms with Crippen LogP contribution in [0.5, 0.6) is 0 Å². The molecule has 1 spiro atoms. The van der Waals surface area contributed by atoms with Crippen LogP contribution in [0.2, 0.25) is 0 Å². The summed E-state index contributed by atoms with van der Waals surface area (Å²) >= 11 is 0. The predicted octanol–water partition coefficient (Wildman–Crippen LogP) is 1.90. The van der Waals surface area contributed by atoms with Crippen molar-refractivity contribution in [3.63, 3.8) is 0 Å². The molecule has 2 fully saturated rings. The van der Waals surface area contributed by atoms with Gasteiger partial charge in [-0.1, -0.05) is 6.42 Å². The third kappa shape index (κ3) is 1.23. The lowest BCUT2D eigenvalue weighted by molar-refractivity contribution is 0.170. The number of rotatable bonds is 0. The van der Waals surface area contributed by atoms with Gasteiger partial charge in [-0.2, -0.15) is 0 Å². The number of hydrogen-bond donors (Lipinski definition) is 1. The fraction of sp³-hybridized carbons (Fsp3) is 0.909. The normalized spacial score (nSPS) is 36.3. The molecule has 72 valence electrons. The largest absolute Gasteiger partial charge is 0.302 e. The van der Waals surface area contributed by atoms with Crippen molar-refractivity contribution in [1.82, 2.24) is 5.32 Å². The molecule has 0 aromatic rings. The molecule has 1 atom stereocenters. The number of hydrogen-bond acceptors (Lipinski definition) is 2. The molecular formula is C11H18N2. The molecule has 1 aliphatic heterocycles. The Kier molecular flexibility index (Phi) is 1.72. The van der Waals surface area contributed by atoms with Crippen LogP contribution >= 0.6 is 0 Å². The molecule has 3 aliphatic rings. The standard InChI is InChI=1S/C11H18N2/c1-2-5-10-9(4-1)12-8-11(13-10)6-3-7-11/h10,13H,1-8H2. The second-order valence-corrected chi connectivity index (χ2v) is 4.88. The van der Waals surface area contributed by atoms with E-state index in [1.807, 2.05) is 0 Å². The van der Waals surface area contributed by atoms with E-state index < -0.39 is 0 Å². The van der Waals surface area contributed by atoms with Crippen LogP contribution in [0.3, 0.4) is 0 Å². The maximum atomic E-state index is 4.78. The van der Waals surface area contributed by atoms with Crippen molar-refractivity contribution in [2.75, 3.05) is 6.54 Å². The Bertz CT molecular complexity index is 240. The molecular weight excluding hydrogens is 160 g/mol. The maximum Gasteiger partial charge on any atom is 0.0571 e. The predicted molar refractivity (Wildman–Crippen MR) is 54.3 cm³/mol. The third-order valence-corrected chi connectivity index (χ3v) is 3.95. The van der Waals surface area contributed by atoms with Gasteiger partial charge in [0.1, 0.15) is 0 Å². The summed E-state index contributed by atoms with van der Waals surface area (Å²) in [5.74, 6) is 0. The fourth-order valence-electron chi connectivity index (χ4n) is 2.91. The zero-order valence-electron chi connectivity index (χ0n) is 8.18. The molecule has 0 aromatic carbocycles. The highest BCUT2D eigenvalue weighted by molar-refractivity contribution is 5.91. The number of fused-ring (bicyclic) bond motifs is 1. The first kappa shape index (κ1) is 7.98. The first-order valence-electron chi connectivity index (χ1n) is 5.69. The summed E-state index contributed by atoms with van der Waals surface area (Å²) in [5.41, 5.74) is 1.93. The first-order chi connectivity index (χ1) is 6.38. The quantitative estimate of drug-likeness (QED) is 0.602. The highest BCUT2D eigenvalue weighted by Gasteiger charge is 2.42. The van der Waals surface area contributed by atoms with Gasteiger partial charge in [0.25, 0.3) is 0 Å². The van der Waals surface area contributed by atoms with Gasteiger partial charge in [0, 0.05) is 17.3 Å². The Hall–Kier alpha value is -0.370. The molecule has 2 heteroatoms. The minimum Gasteiger partial charge on any atom is -0.302 e. The molecule has 0 saturated heterocycles. The zero-order valence-corrected chi connectivity index (χ0v) is 8.18. The van der Waals surface area contributed by atoms with Crippen molar-refractivity contribution in [3.05, 3.63) is 0 Å². The van der Waals surface area contributed by atoms with Gasteiger partial charge >= 0.3 is 0 Å². The second-order valence-electron chi connectivity index (χ2n) is 4.88. The molecule has 0 aromatic heterocycles. The number of aliphatic imine (C=N–C) groups is 1. The van der Waals surface area contributed by atoms with E-state index in [2.05, 4.69) is 5.32 Å². The lowest BCUT2D eigenvalue weighted by Gasteiger charge is -2.48. The highest BCUT2D eigenvalue weighted by Crippen LogP contribution is 2.36. The van der Waals surface area contributed by atoms with Crippen LogP contribution in [0.15, 0.2) is 4.99 Å². The summed E-state index contributed by atoms with van der Waals surface area (Å²) in [7, 11) is 0. The van der Waals surface area contributed by atoms with Gasteiger partial charge in [0.2, 0.25) is 0 Å². The van der Waals surface area contributed by atoms with Crippen LogP contribution in [-0.4, -0.2) is 23.8 Å². The van der Waals surface area contributed by atoms with E-state index >= 15 is 0 Å². The average Bonchev–Trinajstić information content (AvgIpc) is 2.15. The minimum absolute atomic E-state index is 0.450. The van der Waals surface area contributed by atoms with E-state index in [9.17, 15) is 0 Å². The zero-order chi connectivity index (χ0) is 8.73. The van der Waals surface area contributed by atoms with E-state index in [-0.39, 0.29) is 0 Å². The smallest absolute Gasteiger partial charge is 0.0571 e. The summed E-state index contributed by atoms with van der Waals surface area (Å²) in [5, 5.41) is 3.84. The molecule has 1 N–H and O–H groups in total. The topological polar surface area (TPSA) is 24.4 Å². The van der Waals surface area contributed by atoms with Crippen LogP contribution in [0, 0.1) is 0 Å². The van der Waals surface area contributed by atoms with Gasteiger partial charge in [-0.3, -0.25) is 4.99 Å². The Morgan fingerprint density at radius 1 is 1.23 bits per heavy atom. The van der Waals surface area contributed by atoms with Crippen molar-refractivity contribution in [1.29, 1.82) is 0 Å². The summed E-state index contributed by atoms with van der Waals surface area (Å²) in [4.78, 5) is 4.78. The highest BCUT2D eigenvalue weighted by atomic mass is 15.1. The average molecular weight is 178 g/mol. The van der Waals surface area contributed by atoms with Crippen LogP contribution in [0.4, 0.5) is 0 Å². The van der Waals surface area contributed by atoms with Gasteiger partial charge in [-0.25, -0.2) is 0 Å². The molecule has 1 heterocycles. The van der Waals surface area contributed by atoms with E-state index in [1.165, 1.54) is 50.7 Å². The van der Waals surface area contributed by atoms with Crippen LogP contribution < -0.4 is 5.32 Å². The van der Waals surface area contributed by atoms with E-state index in [0.29, 0.717) is 11.6 Å². The van der Waals surface area contributed by atoms with Gasteiger partial charge in [-0.05, 0) is 38.5 Å². The molecule has 1 unspecified atom stereocenters. The number of nitrogens with one attached hydrogen (secondary N) is 1. The molecule has 3 rings (SSSR count). The first-order valence-corrected chi connectivity index (χ1v) is 5.69. The third-order valence-electron chi connectivity index (χ3n) is 3.95. The van der Waals surface area contributed by atoms with E-state index in [0.717, 1.165) is 6.54 Å². The van der Waals surface area contributed by atoms with Crippen LogP contribution in [-0.2, 0) is 0 Å². The summed E-state index contributed by atoms with van der Waals surface area (Å²) in [6, 6.07) is 0.655. The van der Waals surface area contributed by atoms with Gasteiger partial charge in [-0.15, -0.1) is 0 Å². The molecule has 2 nitrogen and oxygen atoms in total. The molecule has 0 amide bonds. The molecule has 0 radical (unpaired) electrons. The monoisotopic (exact) mass is 178 g/mol. The van der Waals surface area contributed by atoms with Gasteiger partial charge in [0.15, 0.2) is 0 Å². The van der Waals surface area contributed by atoms with E-state index in [4.69, 9.17) is 4.99 Å². The Balaban J connectivity index is 1.79. The second kappa shape index (κ2) is 2.81. The Morgan fingerprint density at radius 3 is 2.92 bits per heavy atom. The molecule has 0 bridgehead atoms. The summed E-state index contributed by atoms with van der Waals surface area (Å²) < 4.78 is 0. The summed E-state index contributed by atoms with van der Waals surface area (Å²) in [6.45, 7) is 1.07. The van der Waals surface area contributed by atoms with Gasteiger partial charge in [0.05, 0.1) is 6.54 Å². The number of nitrogens with zero attached hydrogens (tertiary/aromatic N) is 1. The molecule has 2 saturated carbocycles. The van der Waals surface area contributed by atoms with Crippen molar-refractivity contribution in [3.8, 4) is 0 Å². The summed E-state index contributed by atoms with van der Waals surface area (Å²) in [6.07, 6.45) is 9.48.